The van der Waals surface area contributed by atoms with Crippen LogP contribution in [0.4, 0.5) is 10.5 Å². The van der Waals surface area contributed by atoms with Gasteiger partial charge in [0.2, 0.25) is 0 Å². The molecule has 3 heterocycles. The predicted molar refractivity (Wildman–Crippen MR) is 131 cm³/mol. The highest BCUT2D eigenvalue weighted by atomic mass is 16.5. The topological polar surface area (TPSA) is 66.1 Å². The van der Waals surface area contributed by atoms with Crippen molar-refractivity contribution in [3.8, 4) is 5.75 Å². The number of hydrogen-bond donors (Lipinski definition) is 2. The number of amides is 2. The van der Waals surface area contributed by atoms with E-state index < -0.39 is 0 Å². The predicted octanol–water partition coefficient (Wildman–Crippen LogP) is 3.66. The zero-order chi connectivity index (χ0) is 23.0. The molecule has 0 aromatic heterocycles. The third kappa shape index (κ3) is 4.40. The zero-order valence-electron chi connectivity index (χ0n) is 19.7. The molecule has 7 nitrogen and oxygen atoms in total. The summed E-state index contributed by atoms with van der Waals surface area (Å²) in [6.45, 7) is 5.35. The van der Waals surface area contributed by atoms with E-state index in [-0.39, 0.29) is 11.6 Å². The molecule has 0 bridgehead atoms. The molecule has 180 valence electrons. The maximum absolute atomic E-state index is 13.8. The van der Waals surface area contributed by atoms with Crippen molar-refractivity contribution in [3.05, 3.63) is 59.7 Å². The molecule has 2 amide bonds. The van der Waals surface area contributed by atoms with E-state index in [1.165, 1.54) is 18.4 Å². The van der Waals surface area contributed by atoms with Gasteiger partial charge in [-0.2, -0.15) is 0 Å². The molecule has 4 fully saturated rings. The molecule has 1 aliphatic carbocycles. The summed E-state index contributed by atoms with van der Waals surface area (Å²) >= 11 is 0. The summed E-state index contributed by atoms with van der Waals surface area (Å²) in [7, 11) is 0. The van der Waals surface area contributed by atoms with Gasteiger partial charge in [-0.3, -0.25) is 15.8 Å². The number of benzene rings is 2. The molecule has 0 radical (unpaired) electrons. The Morgan fingerprint density at radius 2 is 1.79 bits per heavy atom. The van der Waals surface area contributed by atoms with Gasteiger partial charge < -0.3 is 14.4 Å². The molecule has 3 aliphatic heterocycles. The highest BCUT2D eigenvalue weighted by molar-refractivity contribution is 5.95. The summed E-state index contributed by atoms with van der Waals surface area (Å²) in [5.74, 6) is 2.09. The fraction of sp³-hybridized carbons (Fsp3) is 0.519. The highest BCUT2D eigenvalue weighted by Crippen LogP contribution is 2.39. The number of nitrogens with one attached hydrogen (secondary N) is 2. The van der Waals surface area contributed by atoms with E-state index in [0.717, 1.165) is 55.5 Å². The number of hydrazine groups is 1. The van der Waals surface area contributed by atoms with E-state index in [0.29, 0.717) is 32.2 Å². The van der Waals surface area contributed by atoms with Crippen LogP contribution in [0.5, 0.6) is 5.75 Å². The van der Waals surface area contributed by atoms with Gasteiger partial charge in [-0.05, 0) is 67.0 Å². The molecule has 6 rings (SSSR count). The van der Waals surface area contributed by atoms with Crippen molar-refractivity contribution in [3.63, 3.8) is 0 Å². The van der Waals surface area contributed by atoms with E-state index in [1.807, 2.05) is 17.0 Å². The Kier molecular flexibility index (Phi) is 5.93. The van der Waals surface area contributed by atoms with E-state index in [9.17, 15) is 4.79 Å². The number of carbonyl (C=O) groups is 1. The van der Waals surface area contributed by atoms with E-state index in [1.54, 1.807) is 0 Å². The van der Waals surface area contributed by atoms with Gasteiger partial charge in [0, 0.05) is 44.5 Å². The van der Waals surface area contributed by atoms with Gasteiger partial charge >= 0.3 is 6.03 Å². The third-order valence-corrected chi connectivity index (χ3v) is 7.83. The van der Waals surface area contributed by atoms with Crippen LogP contribution in [0, 0.1) is 5.92 Å². The minimum atomic E-state index is -0.196. The number of hydrogen-bond acceptors (Lipinski definition) is 5. The lowest BCUT2D eigenvalue weighted by atomic mass is 9.89. The molecule has 7 heteroatoms. The fourth-order valence-electron chi connectivity index (χ4n) is 5.45. The first-order chi connectivity index (χ1) is 16.7. The number of anilines is 1. The van der Waals surface area contributed by atoms with Crippen LogP contribution >= 0.6 is 0 Å². The lowest BCUT2D eigenvalue weighted by Gasteiger charge is -2.40. The fourth-order valence-corrected chi connectivity index (χ4v) is 5.45. The van der Waals surface area contributed by atoms with Gasteiger partial charge in [-0.1, -0.05) is 24.3 Å². The summed E-state index contributed by atoms with van der Waals surface area (Å²) in [5.41, 5.74) is 9.58. The summed E-state index contributed by atoms with van der Waals surface area (Å²) in [4.78, 5) is 17.9. The molecule has 0 atom stereocenters. The molecule has 2 N–H and O–H groups in total. The van der Waals surface area contributed by atoms with Gasteiger partial charge in [0.15, 0.2) is 0 Å². The number of nitrogens with zero attached hydrogens (tertiary/aromatic N) is 2. The van der Waals surface area contributed by atoms with Crippen LogP contribution in [0.15, 0.2) is 48.5 Å². The zero-order valence-corrected chi connectivity index (χ0v) is 19.7. The molecule has 3 saturated heterocycles. The van der Waals surface area contributed by atoms with Crippen LogP contribution in [0.2, 0.25) is 0 Å². The molecular weight excluding hydrogens is 428 g/mol. The molecule has 34 heavy (non-hydrogen) atoms. The molecule has 0 unspecified atom stereocenters. The Morgan fingerprint density at radius 1 is 1.03 bits per heavy atom. The molecule has 4 aliphatic rings. The van der Waals surface area contributed by atoms with E-state index in [4.69, 9.17) is 9.47 Å². The molecule has 2 aromatic carbocycles. The highest BCUT2D eigenvalue weighted by Gasteiger charge is 2.50. The standard InChI is InChI=1S/C27H34N4O3/c32-26-30(24-8-6-22(7-9-24)23-15-28-29-16-23)19-27(10-12-33-13-11-27)31(26)17-21-2-1-3-25(14-21)34-18-20-4-5-20/h1-3,6-9,14,20,23,28-29H,4-5,10-13,15-19H2. The summed E-state index contributed by atoms with van der Waals surface area (Å²) in [5, 5.41) is 0. The number of carbonyl (C=O) groups excluding carboxylic acids is 1. The van der Waals surface area contributed by atoms with Gasteiger partial charge in [0.05, 0.1) is 18.7 Å². The smallest absolute Gasteiger partial charge is 0.325 e. The maximum atomic E-state index is 13.8. The number of rotatable bonds is 7. The van der Waals surface area contributed by atoms with Crippen molar-refractivity contribution in [1.29, 1.82) is 0 Å². The lowest BCUT2D eigenvalue weighted by Crippen LogP contribution is -2.50. The van der Waals surface area contributed by atoms with Crippen LogP contribution in [0.1, 0.15) is 42.7 Å². The minimum Gasteiger partial charge on any atom is -0.493 e. The van der Waals surface area contributed by atoms with Gasteiger partial charge in [0.1, 0.15) is 5.75 Å². The number of urea groups is 1. The SMILES string of the molecule is O=C1N(c2ccc(C3CNNC3)cc2)CC2(CCOCC2)N1Cc1cccc(OCC2CC2)c1. The average molecular weight is 463 g/mol. The normalized spacial score (nSPS) is 22.6. The first kappa shape index (κ1) is 21.9. The van der Waals surface area contributed by atoms with Crippen LogP contribution in [0.25, 0.3) is 0 Å². The molecule has 1 spiro atoms. The Hall–Kier alpha value is -2.61. The van der Waals surface area contributed by atoms with E-state index >= 15 is 0 Å². The van der Waals surface area contributed by atoms with Crippen LogP contribution in [-0.2, 0) is 11.3 Å². The van der Waals surface area contributed by atoms with Crippen molar-refractivity contribution in [2.24, 2.45) is 5.92 Å². The van der Waals surface area contributed by atoms with E-state index in [2.05, 4.69) is 52.1 Å². The molecular formula is C27H34N4O3. The first-order valence-electron chi connectivity index (χ1n) is 12.6. The van der Waals surface area contributed by atoms with Crippen molar-refractivity contribution < 1.29 is 14.3 Å². The minimum absolute atomic E-state index is 0.0863. The second-order valence-corrected chi connectivity index (χ2v) is 10.2. The molecule has 1 saturated carbocycles. The Bertz CT molecular complexity index is 1010. The van der Waals surface area contributed by atoms with Crippen LogP contribution in [-0.4, -0.2) is 55.9 Å². The molecule has 2 aromatic rings. The van der Waals surface area contributed by atoms with Gasteiger partial charge in [-0.15, -0.1) is 0 Å². The lowest BCUT2D eigenvalue weighted by molar-refractivity contribution is 0.00609. The Labute approximate surface area is 201 Å². The average Bonchev–Trinajstić information content (AvgIpc) is 3.48. The van der Waals surface area contributed by atoms with Crippen molar-refractivity contribution in [2.45, 2.75) is 43.7 Å². The quantitative estimate of drug-likeness (QED) is 0.658. The van der Waals surface area contributed by atoms with Crippen LogP contribution < -0.4 is 20.5 Å². The summed E-state index contributed by atoms with van der Waals surface area (Å²) in [6.07, 6.45) is 4.28. The second kappa shape index (κ2) is 9.21. The largest absolute Gasteiger partial charge is 0.493 e. The monoisotopic (exact) mass is 462 g/mol. The second-order valence-electron chi connectivity index (χ2n) is 10.2. The van der Waals surface area contributed by atoms with Crippen molar-refractivity contribution in [2.75, 3.05) is 44.4 Å². The summed E-state index contributed by atoms with van der Waals surface area (Å²) in [6, 6.07) is 16.9. The summed E-state index contributed by atoms with van der Waals surface area (Å²) < 4.78 is 11.7. The van der Waals surface area contributed by atoms with Crippen molar-refractivity contribution in [1.82, 2.24) is 15.8 Å². The Balaban J connectivity index is 1.22. The van der Waals surface area contributed by atoms with Crippen LogP contribution in [0.3, 0.4) is 0 Å². The van der Waals surface area contributed by atoms with Gasteiger partial charge in [0.25, 0.3) is 0 Å². The maximum Gasteiger partial charge on any atom is 0.325 e. The first-order valence-corrected chi connectivity index (χ1v) is 12.6. The Morgan fingerprint density at radius 3 is 2.53 bits per heavy atom. The number of ether oxygens (including phenoxy) is 2. The van der Waals surface area contributed by atoms with Crippen molar-refractivity contribution >= 4 is 11.7 Å². The van der Waals surface area contributed by atoms with Gasteiger partial charge in [-0.25, -0.2) is 4.79 Å². The third-order valence-electron chi connectivity index (χ3n) is 7.83.